The molecule has 0 N–H and O–H groups in total. The smallest absolute Gasteiger partial charge is 0.381 e. The zero-order valence-corrected chi connectivity index (χ0v) is 11.9. The number of carbonyl (C=O) groups is 1. The van der Waals surface area contributed by atoms with Gasteiger partial charge in [-0.25, -0.2) is 0 Å². The Labute approximate surface area is 121 Å². The summed E-state index contributed by atoms with van der Waals surface area (Å²) >= 11 is 0. The van der Waals surface area contributed by atoms with Crippen molar-refractivity contribution in [3.05, 3.63) is 34.9 Å². The zero-order chi connectivity index (χ0) is 15.7. The third-order valence-corrected chi connectivity index (χ3v) is 3.90. The fraction of sp³-hybridized carbons (Fsp3) is 0.533. The first-order chi connectivity index (χ1) is 9.80. The minimum absolute atomic E-state index is 0.270. The monoisotopic (exact) mass is 302 g/mol. The van der Waals surface area contributed by atoms with Gasteiger partial charge >= 0.3 is 6.18 Å². The van der Waals surface area contributed by atoms with Crippen molar-refractivity contribution in [2.24, 2.45) is 0 Å². The highest BCUT2D eigenvalue weighted by Crippen LogP contribution is 2.33. The molecule has 1 fully saturated rings. The fourth-order valence-electron chi connectivity index (χ4n) is 2.57. The number of Topliss-reactive ketones (excluding diaryl/α,β-unsaturated/α-hetero) is 1. The third-order valence-electron chi connectivity index (χ3n) is 3.90. The Kier molecular flexibility index (Phi) is 4.39. The van der Waals surface area contributed by atoms with E-state index in [2.05, 4.69) is 0 Å². The maximum absolute atomic E-state index is 12.7. The normalized spacial score (nSPS) is 18.5. The van der Waals surface area contributed by atoms with Gasteiger partial charge in [0.1, 0.15) is 5.60 Å². The van der Waals surface area contributed by atoms with Crippen LogP contribution in [0.1, 0.15) is 34.3 Å². The Bertz CT molecular complexity index is 531. The van der Waals surface area contributed by atoms with Gasteiger partial charge in [0.05, 0.1) is 5.56 Å². The topological polar surface area (TPSA) is 35.5 Å². The molecule has 0 radical (unpaired) electrons. The van der Waals surface area contributed by atoms with Crippen LogP contribution in [0.5, 0.6) is 0 Å². The van der Waals surface area contributed by atoms with E-state index in [1.165, 1.54) is 20.1 Å². The second kappa shape index (κ2) is 5.77. The molecule has 0 bridgehead atoms. The molecule has 1 heterocycles. The summed E-state index contributed by atoms with van der Waals surface area (Å²) in [6.07, 6.45) is -3.60. The molecule has 21 heavy (non-hydrogen) atoms. The first-order valence-corrected chi connectivity index (χ1v) is 6.66. The molecule has 0 unspecified atom stereocenters. The molecule has 0 spiro atoms. The summed E-state index contributed by atoms with van der Waals surface area (Å²) in [7, 11) is 1.45. The molecule has 0 atom stereocenters. The molecule has 116 valence electrons. The standard InChI is InChI=1S/C15H17F3O3/c1-10-9-11(15(16,17)18)3-4-12(10)13(19)14(20-2)5-7-21-8-6-14/h3-4,9H,5-8H2,1-2H3. The summed E-state index contributed by atoms with van der Waals surface area (Å²) in [6, 6.07) is 3.16. The quantitative estimate of drug-likeness (QED) is 0.803. The van der Waals surface area contributed by atoms with E-state index in [0.29, 0.717) is 31.6 Å². The summed E-state index contributed by atoms with van der Waals surface area (Å²) in [5.41, 5.74) is -1.18. The van der Waals surface area contributed by atoms with Gasteiger partial charge in [-0.2, -0.15) is 13.2 Å². The van der Waals surface area contributed by atoms with E-state index in [9.17, 15) is 18.0 Å². The van der Waals surface area contributed by atoms with Crippen LogP contribution >= 0.6 is 0 Å². The van der Waals surface area contributed by atoms with E-state index in [1.54, 1.807) is 0 Å². The molecule has 1 aliphatic heterocycles. The minimum Gasteiger partial charge on any atom is -0.381 e. The van der Waals surface area contributed by atoms with Gasteiger partial charge in [-0.15, -0.1) is 0 Å². The molecule has 3 nitrogen and oxygen atoms in total. The Morgan fingerprint density at radius 1 is 1.29 bits per heavy atom. The molecule has 1 saturated heterocycles. The van der Waals surface area contributed by atoms with Gasteiger partial charge in [0.2, 0.25) is 0 Å². The summed E-state index contributed by atoms with van der Waals surface area (Å²) < 4.78 is 48.6. The number of rotatable bonds is 3. The number of hydrogen-bond donors (Lipinski definition) is 0. The van der Waals surface area contributed by atoms with Crippen molar-refractivity contribution >= 4 is 5.78 Å². The predicted molar refractivity (Wildman–Crippen MR) is 70.3 cm³/mol. The third kappa shape index (κ3) is 3.11. The molecule has 0 saturated carbocycles. The largest absolute Gasteiger partial charge is 0.416 e. The van der Waals surface area contributed by atoms with Crippen LogP contribution in [0.2, 0.25) is 0 Å². The van der Waals surface area contributed by atoms with Crippen LogP contribution in [-0.2, 0) is 15.7 Å². The van der Waals surface area contributed by atoms with E-state index < -0.39 is 17.3 Å². The van der Waals surface area contributed by atoms with Crippen LogP contribution in [0.25, 0.3) is 0 Å². The maximum Gasteiger partial charge on any atom is 0.416 e. The van der Waals surface area contributed by atoms with E-state index in [1.807, 2.05) is 0 Å². The number of halogens is 3. The Morgan fingerprint density at radius 2 is 1.90 bits per heavy atom. The van der Waals surface area contributed by atoms with Crippen LogP contribution in [0, 0.1) is 6.92 Å². The van der Waals surface area contributed by atoms with Gasteiger partial charge in [0, 0.05) is 38.7 Å². The van der Waals surface area contributed by atoms with E-state index in [4.69, 9.17) is 9.47 Å². The van der Waals surface area contributed by atoms with Crippen molar-refractivity contribution in [1.29, 1.82) is 0 Å². The Morgan fingerprint density at radius 3 is 2.38 bits per heavy atom. The molecular formula is C15H17F3O3. The number of carbonyl (C=O) groups excluding carboxylic acids is 1. The molecule has 6 heteroatoms. The van der Waals surface area contributed by atoms with Crippen molar-refractivity contribution in [3.8, 4) is 0 Å². The van der Waals surface area contributed by atoms with Crippen LogP contribution in [0.3, 0.4) is 0 Å². The van der Waals surface area contributed by atoms with Gasteiger partial charge < -0.3 is 9.47 Å². The number of ketones is 1. The lowest BCUT2D eigenvalue weighted by atomic mass is 9.84. The molecule has 1 aliphatic rings. The van der Waals surface area contributed by atoms with Crippen molar-refractivity contribution in [1.82, 2.24) is 0 Å². The highest BCUT2D eigenvalue weighted by atomic mass is 19.4. The maximum atomic E-state index is 12.7. The molecule has 0 amide bonds. The summed E-state index contributed by atoms with van der Waals surface area (Å²) in [5, 5.41) is 0. The van der Waals surface area contributed by atoms with E-state index in [0.717, 1.165) is 12.1 Å². The number of aryl methyl sites for hydroxylation is 1. The van der Waals surface area contributed by atoms with Gasteiger partial charge in [0.25, 0.3) is 0 Å². The second-order valence-corrected chi connectivity index (χ2v) is 5.17. The molecular weight excluding hydrogens is 285 g/mol. The lowest BCUT2D eigenvalue weighted by Gasteiger charge is -2.34. The van der Waals surface area contributed by atoms with Crippen LogP contribution in [-0.4, -0.2) is 31.7 Å². The molecule has 1 aromatic carbocycles. The van der Waals surface area contributed by atoms with E-state index >= 15 is 0 Å². The summed E-state index contributed by atoms with van der Waals surface area (Å²) in [6.45, 7) is 2.31. The highest BCUT2D eigenvalue weighted by Gasteiger charge is 2.41. The fourth-order valence-corrected chi connectivity index (χ4v) is 2.57. The Hall–Kier alpha value is -1.40. The van der Waals surface area contributed by atoms with Gasteiger partial charge in [-0.05, 0) is 24.6 Å². The van der Waals surface area contributed by atoms with Gasteiger partial charge in [-0.3, -0.25) is 4.79 Å². The minimum atomic E-state index is -4.41. The van der Waals surface area contributed by atoms with Gasteiger partial charge in [-0.1, -0.05) is 6.07 Å². The lowest BCUT2D eigenvalue weighted by molar-refractivity contribution is -0.137. The van der Waals surface area contributed by atoms with E-state index in [-0.39, 0.29) is 11.3 Å². The van der Waals surface area contributed by atoms with Crippen LogP contribution in [0.15, 0.2) is 18.2 Å². The molecule has 2 rings (SSSR count). The van der Waals surface area contributed by atoms with Crippen LogP contribution < -0.4 is 0 Å². The first-order valence-electron chi connectivity index (χ1n) is 6.66. The van der Waals surface area contributed by atoms with Crippen molar-refractivity contribution in [2.45, 2.75) is 31.5 Å². The number of alkyl halides is 3. The van der Waals surface area contributed by atoms with Crippen molar-refractivity contribution in [3.63, 3.8) is 0 Å². The SMILES string of the molecule is COC1(C(=O)c2ccc(C(F)(F)F)cc2C)CCOCC1. The van der Waals surface area contributed by atoms with Crippen molar-refractivity contribution < 1.29 is 27.4 Å². The second-order valence-electron chi connectivity index (χ2n) is 5.17. The number of methoxy groups -OCH3 is 1. The highest BCUT2D eigenvalue weighted by molar-refractivity contribution is 6.03. The number of benzene rings is 1. The Balaban J connectivity index is 2.35. The molecule has 0 aromatic heterocycles. The zero-order valence-electron chi connectivity index (χ0n) is 11.9. The van der Waals surface area contributed by atoms with Crippen molar-refractivity contribution in [2.75, 3.05) is 20.3 Å². The first kappa shape index (κ1) is 16.0. The van der Waals surface area contributed by atoms with Crippen LogP contribution in [0.4, 0.5) is 13.2 Å². The summed E-state index contributed by atoms with van der Waals surface area (Å²) in [4.78, 5) is 12.7. The lowest BCUT2D eigenvalue weighted by Crippen LogP contribution is -2.46. The number of hydrogen-bond acceptors (Lipinski definition) is 3. The average molecular weight is 302 g/mol. The molecule has 0 aliphatic carbocycles. The van der Waals surface area contributed by atoms with Gasteiger partial charge in [0.15, 0.2) is 5.78 Å². The molecule has 1 aromatic rings. The predicted octanol–water partition coefficient (Wildman–Crippen LogP) is 3.39. The average Bonchev–Trinajstić information content (AvgIpc) is 2.46. The summed E-state index contributed by atoms with van der Waals surface area (Å²) in [5.74, 6) is -0.278. The number of ether oxygens (including phenoxy) is 2.